The fourth-order valence-electron chi connectivity index (χ4n) is 3.64. The highest BCUT2D eigenvalue weighted by Gasteiger charge is 2.32. The van der Waals surface area contributed by atoms with Crippen molar-refractivity contribution in [1.82, 2.24) is 4.90 Å². The number of urea groups is 1. The van der Waals surface area contributed by atoms with Gasteiger partial charge in [0.2, 0.25) is 0 Å². The van der Waals surface area contributed by atoms with Crippen molar-refractivity contribution in [1.29, 1.82) is 0 Å². The lowest BCUT2D eigenvalue weighted by atomic mass is 10.0. The summed E-state index contributed by atoms with van der Waals surface area (Å²) in [5.41, 5.74) is 3.51. The van der Waals surface area contributed by atoms with Crippen LogP contribution < -0.4 is 15.4 Å². The third-order valence-corrected chi connectivity index (χ3v) is 5.82. The number of nitrogens with one attached hydrogen (secondary N) is 2. The van der Waals surface area contributed by atoms with Crippen molar-refractivity contribution in [2.24, 2.45) is 0 Å². The summed E-state index contributed by atoms with van der Waals surface area (Å²) in [5, 5.41) is 5.75. The van der Waals surface area contributed by atoms with Crippen molar-refractivity contribution < 1.29 is 14.3 Å². The molecule has 0 bridgehead atoms. The van der Waals surface area contributed by atoms with Crippen LogP contribution in [0.25, 0.3) is 0 Å². The third kappa shape index (κ3) is 5.37. The fourth-order valence-corrected chi connectivity index (χ4v) is 3.64. The fraction of sp³-hybridized carbons (Fsp3) is 0.440. The Morgan fingerprint density at radius 3 is 2.32 bits per heavy atom. The van der Waals surface area contributed by atoms with E-state index in [9.17, 15) is 9.59 Å². The standard InChI is InChI=1S/C25H33N3O3/c1-6-17(5)28-15-19-14-21(12-13-23(19)31-22(7-2)24(28)29)27-25(30)26-20-10-8-18(9-11-20)16(3)4/h8-14,16-17,22H,6-7,15H2,1-5H3,(H2,26,27,30). The van der Waals surface area contributed by atoms with Gasteiger partial charge in [0.1, 0.15) is 5.75 Å². The first-order valence-corrected chi connectivity index (χ1v) is 11.1. The largest absolute Gasteiger partial charge is 0.480 e. The number of rotatable bonds is 6. The van der Waals surface area contributed by atoms with Crippen LogP contribution in [-0.2, 0) is 11.3 Å². The number of carbonyl (C=O) groups is 2. The lowest BCUT2D eigenvalue weighted by Crippen LogP contribution is -2.43. The van der Waals surface area contributed by atoms with Crippen molar-refractivity contribution in [2.45, 2.75) is 72.1 Å². The average Bonchev–Trinajstić information content (AvgIpc) is 2.89. The number of fused-ring (bicyclic) bond motifs is 1. The first-order chi connectivity index (χ1) is 14.8. The van der Waals surface area contributed by atoms with Gasteiger partial charge in [-0.3, -0.25) is 4.79 Å². The van der Waals surface area contributed by atoms with E-state index in [-0.39, 0.29) is 18.0 Å². The van der Waals surface area contributed by atoms with Gasteiger partial charge in [-0.2, -0.15) is 0 Å². The van der Waals surface area contributed by atoms with Crippen LogP contribution in [0.4, 0.5) is 16.2 Å². The second kappa shape index (κ2) is 9.86. The predicted octanol–water partition coefficient (Wildman–Crippen LogP) is 5.75. The molecule has 0 radical (unpaired) electrons. The first-order valence-electron chi connectivity index (χ1n) is 11.1. The minimum absolute atomic E-state index is 0.0187. The Morgan fingerprint density at radius 1 is 1.06 bits per heavy atom. The van der Waals surface area contributed by atoms with Crippen molar-refractivity contribution in [3.8, 4) is 5.75 Å². The molecule has 0 saturated heterocycles. The Labute approximate surface area is 185 Å². The molecule has 2 N–H and O–H groups in total. The number of carbonyl (C=O) groups excluding carboxylic acids is 2. The summed E-state index contributed by atoms with van der Waals surface area (Å²) in [6, 6.07) is 13.2. The molecular formula is C25H33N3O3. The topological polar surface area (TPSA) is 70.7 Å². The van der Waals surface area contributed by atoms with Crippen LogP contribution in [0.1, 0.15) is 64.5 Å². The summed E-state index contributed by atoms with van der Waals surface area (Å²) >= 11 is 0. The van der Waals surface area contributed by atoms with Crippen LogP contribution in [0.5, 0.6) is 5.75 Å². The van der Waals surface area contributed by atoms with Gasteiger partial charge in [0, 0.05) is 29.5 Å². The first kappa shape index (κ1) is 22.7. The SMILES string of the molecule is CCC1Oc2ccc(NC(=O)Nc3ccc(C(C)C)cc3)cc2CN(C(C)CC)C1=O. The molecule has 0 spiro atoms. The lowest BCUT2D eigenvalue weighted by molar-refractivity contribution is -0.140. The lowest BCUT2D eigenvalue weighted by Gasteiger charge is -2.28. The molecular weight excluding hydrogens is 390 g/mol. The second-order valence-electron chi connectivity index (χ2n) is 8.42. The number of benzene rings is 2. The number of amides is 3. The van der Waals surface area contributed by atoms with Gasteiger partial charge in [0.25, 0.3) is 5.91 Å². The van der Waals surface area contributed by atoms with Gasteiger partial charge in [-0.25, -0.2) is 4.79 Å². The molecule has 166 valence electrons. The molecule has 0 saturated carbocycles. The van der Waals surface area contributed by atoms with E-state index < -0.39 is 6.10 Å². The van der Waals surface area contributed by atoms with E-state index in [0.29, 0.717) is 30.3 Å². The van der Waals surface area contributed by atoms with Gasteiger partial charge in [-0.05, 0) is 61.6 Å². The van der Waals surface area contributed by atoms with Crippen LogP contribution in [0.3, 0.4) is 0 Å². The Bertz CT molecular complexity index is 924. The summed E-state index contributed by atoms with van der Waals surface area (Å²) in [4.78, 5) is 27.3. The van der Waals surface area contributed by atoms with Gasteiger partial charge >= 0.3 is 6.03 Å². The van der Waals surface area contributed by atoms with Gasteiger partial charge in [-0.1, -0.05) is 39.8 Å². The number of anilines is 2. The van der Waals surface area contributed by atoms with Crippen LogP contribution in [0.15, 0.2) is 42.5 Å². The quantitative estimate of drug-likeness (QED) is 0.621. The Balaban J connectivity index is 1.74. The number of ether oxygens (including phenoxy) is 1. The molecule has 3 rings (SSSR count). The van der Waals surface area contributed by atoms with Crippen LogP contribution in [-0.4, -0.2) is 29.0 Å². The summed E-state index contributed by atoms with van der Waals surface area (Å²) in [7, 11) is 0. The zero-order chi connectivity index (χ0) is 22.5. The molecule has 3 amide bonds. The molecule has 6 heteroatoms. The molecule has 1 heterocycles. The highest BCUT2D eigenvalue weighted by molar-refractivity contribution is 5.99. The predicted molar refractivity (Wildman–Crippen MR) is 125 cm³/mol. The average molecular weight is 424 g/mol. The molecule has 1 aliphatic rings. The van der Waals surface area contributed by atoms with Gasteiger partial charge < -0.3 is 20.3 Å². The zero-order valence-corrected chi connectivity index (χ0v) is 19.1. The molecule has 0 aliphatic carbocycles. The third-order valence-electron chi connectivity index (χ3n) is 5.82. The van der Waals surface area contributed by atoms with Crippen LogP contribution in [0, 0.1) is 0 Å². The van der Waals surface area contributed by atoms with E-state index in [1.807, 2.05) is 48.2 Å². The minimum Gasteiger partial charge on any atom is -0.480 e. The van der Waals surface area contributed by atoms with E-state index in [0.717, 1.165) is 17.7 Å². The van der Waals surface area contributed by atoms with Crippen molar-refractivity contribution in [3.05, 3.63) is 53.6 Å². The maximum Gasteiger partial charge on any atom is 0.323 e. The smallest absolute Gasteiger partial charge is 0.323 e. The Morgan fingerprint density at radius 2 is 1.71 bits per heavy atom. The van der Waals surface area contributed by atoms with Gasteiger partial charge in [0.05, 0.1) is 0 Å². The van der Waals surface area contributed by atoms with Crippen molar-refractivity contribution in [3.63, 3.8) is 0 Å². The molecule has 2 aromatic carbocycles. The number of hydrogen-bond donors (Lipinski definition) is 2. The highest BCUT2D eigenvalue weighted by Crippen LogP contribution is 2.30. The molecule has 31 heavy (non-hydrogen) atoms. The summed E-state index contributed by atoms with van der Waals surface area (Å²) in [5.74, 6) is 1.16. The van der Waals surface area contributed by atoms with Crippen LogP contribution >= 0.6 is 0 Å². The Hall–Kier alpha value is -3.02. The summed E-state index contributed by atoms with van der Waals surface area (Å²) in [6.07, 6.45) is 1.00. The van der Waals surface area contributed by atoms with Crippen molar-refractivity contribution in [2.75, 3.05) is 10.6 Å². The maximum atomic E-state index is 12.9. The molecule has 6 nitrogen and oxygen atoms in total. The number of hydrogen-bond acceptors (Lipinski definition) is 3. The van der Waals surface area contributed by atoms with Gasteiger partial charge in [-0.15, -0.1) is 0 Å². The minimum atomic E-state index is -0.480. The molecule has 0 aromatic heterocycles. The maximum absolute atomic E-state index is 12.9. The molecule has 2 aromatic rings. The molecule has 0 fully saturated rings. The van der Waals surface area contributed by atoms with E-state index in [4.69, 9.17) is 4.74 Å². The zero-order valence-electron chi connectivity index (χ0n) is 19.1. The van der Waals surface area contributed by atoms with Crippen LogP contribution in [0.2, 0.25) is 0 Å². The summed E-state index contributed by atoms with van der Waals surface area (Å²) < 4.78 is 6.01. The van der Waals surface area contributed by atoms with E-state index >= 15 is 0 Å². The monoisotopic (exact) mass is 423 g/mol. The van der Waals surface area contributed by atoms with Crippen molar-refractivity contribution >= 4 is 23.3 Å². The van der Waals surface area contributed by atoms with E-state index in [2.05, 4.69) is 38.3 Å². The highest BCUT2D eigenvalue weighted by atomic mass is 16.5. The normalized spacial score (nSPS) is 16.9. The molecule has 2 atom stereocenters. The Kier molecular flexibility index (Phi) is 7.21. The molecule has 1 aliphatic heterocycles. The second-order valence-corrected chi connectivity index (χ2v) is 8.42. The summed E-state index contributed by atoms with van der Waals surface area (Å²) in [6.45, 7) is 10.8. The molecule has 2 unspecified atom stereocenters. The van der Waals surface area contributed by atoms with E-state index in [1.54, 1.807) is 6.07 Å². The van der Waals surface area contributed by atoms with Gasteiger partial charge in [0.15, 0.2) is 6.10 Å². The number of nitrogens with zero attached hydrogens (tertiary/aromatic N) is 1. The van der Waals surface area contributed by atoms with E-state index in [1.165, 1.54) is 5.56 Å².